The second kappa shape index (κ2) is 5.63. The first-order chi connectivity index (χ1) is 6.95. The van der Waals surface area contributed by atoms with E-state index in [1.54, 1.807) is 6.92 Å². The lowest BCUT2D eigenvalue weighted by molar-refractivity contribution is -0.137. The molecule has 0 atom stereocenters. The van der Waals surface area contributed by atoms with Crippen LogP contribution in [-0.2, 0) is 12.6 Å². The minimum absolute atomic E-state index is 0.413. The molecule has 0 unspecified atom stereocenters. The maximum absolute atomic E-state index is 12.2. The Hall–Kier alpha value is -1.19. The molecule has 0 heterocycles. The standard InChI is InChI=1S/C9H10F3N.C2H6/c1-2-6-5-7(9(10,11)12)3-4-8(6)13;1-2/h3-5H,2,13H2,1H3;1-2H3. The quantitative estimate of drug-likeness (QED) is 0.713. The van der Waals surface area contributed by atoms with Gasteiger partial charge in [0.1, 0.15) is 0 Å². The molecule has 0 fully saturated rings. The van der Waals surface area contributed by atoms with E-state index in [9.17, 15) is 13.2 Å². The molecule has 0 saturated carbocycles. The van der Waals surface area contributed by atoms with Crippen molar-refractivity contribution >= 4 is 5.69 Å². The third-order valence-corrected chi connectivity index (χ3v) is 1.85. The summed E-state index contributed by atoms with van der Waals surface area (Å²) < 4.78 is 36.6. The topological polar surface area (TPSA) is 26.0 Å². The normalized spacial score (nSPS) is 10.5. The summed E-state index contributed by atoms with van der Waals surface area (Å²) in [5.41, 5.74) is 5.79. The third kappa shape index (κ3) is 3.81. The van der Waals surface area contributed by atoms with Crippen LogP contribution < -0.4 is 5.73 Å². The zero-order chi connectivity index (χ0) is 12.1. The van der Waals surface area contributed by atoms with Crippen LogP contribution in [0.15, 0.2) is 18.2 Å². The van der Waals surface area contributed by atoms with Gasteiger partial charge in [-0.05, 0) is 30.2 Å². The smallest absolute Gasteiger partial charge is 0.399 e. The van der Waals surface area contributed by atoms with E-state index in [0.717, 1.165) is 12.1 Å². The lowest BCUT2D eigenvalue weighted by Gasteiger charge is -2.09. The van der Waals surface area contributed by atoms with Gasteiger partial charge < -0.3 is 5.73 Å². The predicted molar refractivity (Wildman–Crippen MR) is 56.6 cm³/mol. The first-order valence-corrected chi connectivity index (χ1v) is 4.90. The summed E-state index contributed by atoms with van der Waals surface area (Å²) >= 11 is 0. The maximum atomic E-state index is 12.2. The van der Waals surface area contributed by atoms with Gasteiger partial charge in [0, 0.05) is 5.69 Å². The van der Waals surface area contributed by atoms with Crippen molar-refractivity contribution in [2.45, 2.75) is 33.4 Å². The number of halogens is 3. The zero-order valence-corrected chi connectivity index (χ0v) is 9.15. The molecule has 15 heavy (non-hydrogen) atoms. The van der Waals surface area contributed by atoms with Crippen molar-refractivity contribution in [2.75, 3.05) is 5.73 Å². The average Bonchev–Trinajstić information content (AvgIpc) is 2.20. The molecule has 86 valence electrons. The minimum atomic E-state index is -4.28. The minimum Gasteiger partial charge on any atom is -0.399 e. The van der Waals surface area contributed by atoms with Gasteiger partial charge >= 0.3 is 6.18 Å². The number of hydrogen-bond donors (Lipinski definition) is 1. The van der Waals surface area contributed by atoms with Gasteiger partial charge in [-0.3, -0.25) is 0 Å². The molecule has 0 aromatic heterocycles. The summed E-state index contributed by atoms with van der Waals surface area (Å²) in [4.78, 5) is 0. The molecule has 0 saturated heterocycles. The highest BCUT2D eigenvalue weighted by Crippen LogP contribution is 2.31. The number of alkyl halides is 3. The molecular formula is C11H16F3N. The lowest BCUT2D eigenvalue weighted by Crippen LogP contribution is -2.06. The highest BCUT2D eigenvalue weighted by atomic mass is 19.4. The second-order valence-electron chi connectivity index (χ2n) is 2.76. The Kier molecular flexibility index (Phi) is 5.19. The molecule has 1 aromatic carbocycles. The van der Waals surface area contributed by atoms with Gasteiger partial charge in [0.2, 0.25) is 0 Å². The van der Waals surface area contributed by atoms with E-state index in [2.05, 4.69) is 0 Å². The molecule has 0 aliphatic heterocycles. The van der Waals surface area contributed by atoms with Crippen molar-refractivity contribution in [2.24, 2.45) is 0 Å². The molecular weight excluding hydrogens is 203 g/mol. The van der Waals surface area contributed by atoms with Crippen molar-refractivity contribution in [3.8, 4) is 0 Å². The number of anilines is 1. The number of hydrogen-bond acceptors (Lipinski definition) is 1. The van der Waals surface area contributed by atoms with Crippen LogP contribution >= 0.6 is 0 Å². The Balaban J connectivity index is 0.000000921. The highest BCUT2D eigenvalue weighted by molar-refractivity contribution is 5.49. The van der Waals surface area contributed by atoms with Gasteiger partial charge in [0.05, 0.1) is 5.56 Å². The van der Waals surface area contributed by atoms with E-state index in [0.29, 0.717) is 17.7 Å². The van der Waals surface area contributed by atoms with Crippen LogP contribution in [0.2, 0.25) is 0 Å². The third-order valence-electron chi connectivity index (χ3n) is 1.85. The average molecular weight is 219 g/mol. The maximum Gasteiger partial charge on any atom is 0.416 e. The molecule has 0 spiro atoms. The van der Waals surface area contributed by atoms with E-state index in [1.807, 2.05) is 13.8 Å². The number of aryl methyl sites for hydroxylation is 1. The summed E-state index contributed by atoms with van der Waals surface area (Å²) in [6.07, 6.45) is -3.77. The first kappa shape index (κ1) is 13.8. The zero-order valence-electron chi connectivity index (χ0n) is 9.15. The highest BCUT2D eigenvalue weighted by Gasteiger charge is 2.30. The van der Waals surface area contributed by atoms with Crippen LogP contribution in [0.4, 0.5) is 18.9 Å². The van der Waals surface area contributed by atoms with E-state index in [4.69, 9.17) is 5.73 Å². The van der Waals surface area contributed by atoms with Gasteiger partial charge in [0.15, 0.2) is 0 Å². The van der Waals surface area contributed by atoms with Crippen LogP contribution in [0, 0.1) is 0 Å². The molecule has 4 heteroatoms. The van der Waals surface area contributed by atoms with Gasteiger partial charge in [-0.25, -0.2) is 0 Å². The van der Waals surface area contributed by atoms with Crippen molar-refractivity contribution in [1.29, 1.82) is 0 Å². The Morgan fingerprint density at radius 2 is 1.73 bits per heavy atom. The van der Waals surface area contributed by atoms with Crippen LogP contribution in [0.25, 0.3) is 0 Å². The van der Waals surface area contributed by atoms with Crippen molar-refractivity contribution in [3.05, 3.63) is 29.3 Å². The van der Waals surface area contributed by atoms with E-state index in [-0.39, 0.29) is 0 Å². The molecule has 0 bridgehead atoms. The Labute approximate surface area is 88.1 Å². The molecule has 1 rings (SSSR count). The van der Waals surface area contributed by atoms with Crippen LogP contribution in [0.5, 0.6) is 0 Å². The number of benzene rings is 1. The van der Waals surface area contributed by atoms with Crippen LogP contribution in [0.1, 0.15) is 31.9 Å². The van der Waals surface area contributed by atoms with Gasteiger partial charge in [-0.1, -0.05) is 20.8 Å². The van der Waals surface area contributed by atoms with Gasteiger partial charge in [-0.2, -0.15) is 13.2 Å². The number of rotatable bonds is 1. The van der Waals surface area contributed by atoms with Crippen LogP contribution in [0.3, 0.4) is 0 Å². The van der Waals surface area contributed by atoms with E-state index >= 15 is 0 Å². The molecule has 1 nitrogen and oxygen atoms in total. The lowest BCUT2D eigenvalue weighted by atomic mass is 10.1. The second-order valence-corrected chi connectivity index (χ2v) is 2.76. The summed E-state index contributed by atoms with van der Waals surface area (Å²) in [7, 11) is 0. The molecule has 0 aliphatic rings. The largest absolute Gasteiger partial charge is 0.416 e. The van der Waals surface area contributed by atoms with E-state index < -0.39 is 11.7 Å². The summed E-state index contributed by atoms with van der Waals surface area (Å²) in [6.45, 7) is 5.77. The van der Waals surface area contributed by atoms with Crippen molar-refractivity contribution in [1.82, 2.24) is 0 Å². The van der Waals surface area contributed by atoms with Crippen molar-refractivity contribution < 1.29 is 13.2 Å². The van der Waals surface area contributed by atoms with Gasteiger partial charge in [0.25, 0.3) is 0 Å². The Morgan fingerprint density at radius 1 is 1.20 bits per heavy atom. The number of nitrogens with two attached hydrogens (primary N) is 1. The SMILES string of the molecule is CC.CCc1cc(C(F)(F)F)ccc1N. The molecule has 0 aliphatic carbocycles. The van der Waals surface area contributed by atoms with Crippen molar-refractivity contribution in [3.63, 3.8) is 0 Å². The molecule has 0 radical (unpaired) electrons. The molecule has 1 aromatic rings. The van der Waals surface area contributed by atoms with E-state index in [1.165, 1.54) is 6.07 Å². The Bertz CT molecular complexity index is 305. The molecule has 0 amide bonds. The fourth-order valence-electron chi connectivity index (χ4n) is 1.09. The fraction of sp³-hybridized carbons (Fsp3) is 0.455. The molecule has 2 N–H and O–H groups in total. The van der Waals surface area contributed by atoms with Gasteiger partial charge in [-0.15, -0.1) is 0 Å². The monoisotopic (exact) mass is 219 g/mol. The first-order valence-electron chi connectivity index (χ1n) is 4.90. The Morgan fingerprint density at radius 3 is 2.13 bits per heavy atom. The van der Waals surface area contributed by atoms with Crippen LogP contribution in [-0.4, -0.2) is 0 Å². The summed E-state index contributed by atoms with van der Waals surface area (Å²) in [5.74, 6) is 0. The summed E-state index contributed by atoms with van der Waals surface area (Å²) in [6, 6.07) is 3.38. The summed E-state index contributed by atoms with van der Waals surface area (Å²) in [5, 5.41) is 0. The number of nitrogen functional groups attached to an aromatic ring is 1. The fourth-order valence-corrected chi connectivity index (χ4v) is 1.09. The predicted octanol–water partition coefficient (Wildman–Crippen LogP) is 3.88.